The van der Waals surface area contributed by atoms with Crippen molar-refractivity contribution >= 4 is 17.7 Å². The molecule has 0 fully saturated rings. The molecule has 0 spiro atoms. The zero-order valence-electron chi connectivity index (χ0n) is 16.5. The molecule has 3 N–H and O–H groups in total. The number of ether oxygens (including phenoxy) is 1. The summed E-state index contributed by atoms with van der Waals surface area (Å²) in [5, 5.41) is 5.19. The third-order valence-electron chi connectivity index (χ3n) is 4.09. The highest BCUT2D eigenvalue weighted by molar-refractivity contribution is 6.00. The van der Waals surface area contributed by atoms with E-state index in [4.69, 9.17) is 4.74 Å². The van der Waals surface area contributed by atoms with Gasteiger partial charge in [0, 0.05) is 23.5 Å². The molecule has 0 saturated heterocycles. The molecular weight excluding hydrogens is 360 g/mol. The maximum atomic E-state index is 12.4. The molecule has 8 heteroatoms. The van der Waals surface area contributed by atoms with Gasteiger partial charge in [0.25, 0.3) is 11.8 Å². The molecular formula is C20H26N4O4. The number of aryl methyl sites for hydroxylation is 2. The van der Waals surface area contributed by atoms with Gasteiger partial charge in [-0.3, -0.25) is 24.5 Å². The maximum Gasteiger partial charge on any atom is 0.270 e. The Morgan fingerprint density at radius 3 is 2.21 bits per heavy atom. The van der Waals surface area contributed by atoms with Crippen LogP contribution in [0.15, 0.2) is 36.4 Å². The number of benzene rings is 1. The Morgan fingerprint density at radius 2 is 1.64 bits per heavy atom. The first-order valence-electron chi connectivity index (χ1n) is 9.08. The largest absolute Gasteiger partial charge is 0.484 e. The minimum absolute atomic E-state index is 0.225. The molecule has 0 saturated carbocycles. The van der Waals surface area contributed by atoms with Crippen LogP contribution in [0.5, 0.6) is 5.75 Å². The van der Waals surface area contributed by atoms with Crippen molar-refractivity contribution in [1.82, 2.24) is 15.3 Å². The molecule has 1 aromatic carbocycles. The molecule has 28 heavy (non-hydrogen) atoms. The van der Waals surface area contributed by atoms with Crippen LogP contribution < -0.4 is 20.8 Å². The lowest BCUT2D eigenvalue weighted by Gasteiger charge is -2.14. The molecule has 0 aliphatic heterocycles. The fourth-order valence-electron chi connectivity index (χ4n) is 2.54. The van der Waals surface area contributed by atoms with Gasteiger partial charge in [-0.1, -0.05) is 0 Å². The van der Waals surface area contributed by atoms with Crippen molar-refractivity contribution in [3.8, 4) is 5.75 Å². The van der Waals surface area contributed by atoms with E-state index in [0.717, 1.165) is 11.4 Å². The topological polar surface area (TPSA) is 101 Å². The van der Waals surface area contributed by atoms with Crippen LogP contribution in [0, 0.1) is 13.8 Å². The predicted octanol–water partition coefficient (Wildman–Crippen LogP) is 1.51. The summed E-state index contributed by atoms with van der Waals surface area (Å²) in [6.07, 6.45) is 0. The number of rotatable bonds is 8. The maximum absolute atomic E-state index is 12.4. The standard InChI is InChI=1S/C20H26N4O4/c1-5-21-19(26)15(4)22-18(25)12-28-17-10-8-16(9-11-17)20(27)23-24-13(2)6-7-14(24)3/h6-11,15H,5,12H2,1-4H3,(H,21,26)(H,22,25)(H,23,27)/t15-/m0/s1. The fraction of sp³-hybridized carbons (Fsp3) is 0.350. The summed E-state index contributed by atoms with van der Waals surface area (Å²) in [4.78, 5) is 35.8. The van der Waals surface area contributed by atoms with Crippen molar-refractivity contribution in [3.05, 3.63) is 53.3 Å². The number of likely N-dealkylation sites (N-methyl/N-ethyl adjacent to an activating group) is 1. The Bertz CT molecular complexity index is 823. The molecule has 0 bridgehead atoms. The van der Waals surface area contributed by atoms with Crippen LogP contribution >= 0.6 is 0 Å². The molecule has 1 aromatic heterocycles. The number of carbonyl (C=O) groups is 3. The zero-order chi connectivity index (χ0) is 20.7. The average molecular weight is 386 g/mol. The number of carbonyl (C=O) groups excluding carboxylic acids is 3. The molecule has 2 aromatic rings. The Kier molecular flexibility index (Phi) is 7.20. The van der Waals surface area contributed by atoms with Crippen molar-refractivity contribution in [2.45, 2.75) is 33.7 Å². The molecule has 1 atom stereocenters. The summed E-state index contributed by atoms with van der Waals surface area (Å²) in [7, 11) is 0. The summed E-state index contributed by atoms with van der Waals surface area (Å²) in [6, 6.07) is 9.68. The average Bonchev–Trinajstić information content (AvgIpc) is 2.98. The van der Waals surface area contributed by atoms with E-state index in [1.165, 1.54) is 0 Å². The summed E-state index contributed by atoms with van der Waals surface area (Å²) in [5.41, 5.74) is 5.15. The van der Waals surface area contributed by atoms with Crippen LogP contribution in [0.25, 0.3) is 0 Å². The first-order valence-corrected chi connectivity index (χ1v) is 9.08. The van der Waals surface area contributed by atoms with E-state index < -0.39 is 11.9 Å². The summed E-state index contributed by atoms with van der Waals surface area (Å²) >= 11 is 0. The van der Waals surface area contributed by atoms with Crippen LogP contribution in [0.1, 0.15) is 35.6 Å². The Labute approximate surface area is 164 Å². The van der Waals surface area contributed by atoms with Gasteiger partial charge in [0.1, 0.15) is 11.8 Å². The second-order valence-electron chi connectivity index (χ2n) is 6.39. The minimum Gasteiger partial charge on any atom is -0.484 e. The van der Waals surface area contributed by atoms with Gasteiger partial charge < -0.3 is 15.4 Å². The molecule has 8 nitrogen and oxygen atoms in total. The van der Waals surface area contributed by atoms with Gasteiger partial charge in [-0.25, -0.2) is 0 Å². The molecule has 0 unspecified atom stereocenters. The van der Waals surface area contributed by atoms with E-state index in [1.54, 1.807) is 42.8 Å². The molecule has 0 aliphatic rings. The van der Waals surface area contributed by atoms with E-state index in [1.807, 2.05) is 26.0 Å². The monoisotopic (exact) mass is 386 g/mol. The first kappa shape index (κ1) is 21.0. The molecule has 0 radical (unpaired) electrons. The van der Waals surface area contributed by atoms with Crippen LogP contribution in [0.4, 0.5) is 0 Å². The van der Waals surface area contributed by atoms with Gasteiger partial charge in [-0.05, 0) is 64.1 Å². The Hall–Kier alpha value is -3.29. The van der Waals surface area contributed by atoms with Gasteiger partial charge in [-0.15, -0.1) is 0 Å². The molecule has 1 heterocycles. The van der Waals surface area contributed by atoms with Crippen LogP contribution in [-0.4, -0.2) is 41.6 Å². The van der Waals surface area contributed by atoms with Gasteiger partial charge in [0.2, 0.25) is 5.91 Å². The van der Waals surface area contributed by atoms with Gasteiger partial charge in [-0.2, -0.15) is 0 Å². The number of hydrogen-bond donors (Lipinski definition) is 3. The van der Waals surface area contributed by atoms with E-state index >= 15 is 0 Å². The molecule has 0 aliphatic carbocycles. The number of nitrogens with zero attached hydrogens (tertiary/aromatic N) is 1. The minimum atomic E-state index is -0.636. The molecule has 3 amide bonds. The van der Waals surface area contributed by atoms with E-state index in [2.05, 4.69) is 16.1 Å². The van der Waals surface area contributed by atoms with E-state index in [9.17, 15) is 14.4 Å². The van der Waals surface area contributed by atoms with Crippen molar-refractivity contribution < 1.29 is 19.1 Å². The van der Waals surface area contributed by atoms with Crippen molar-refractivity contribution in [1.29, 1.82) is 0 Å². The van der Waals surface area contributed by atoms with Crippen molar-refractivity contribution in [2.75, 3.05) is 18.6 Å². The Balaban J connectivity index is 1.86. The Morgan fingerprint density at radius 1 is 1.04 bits per heavy atom. The smallest absolute Gasteiger partial charge is 0.270 e. The lowest BCUT2D eigenvalue weighted by molar-refractivity contribution is -0.129. The van der Waals surface area contributed by atoms with E-state index in [-0.39, 0.29) is 18.4 Å². The highest BCUT2D eigenvalue weighted by Crippen LogP contribution is 2.13. The fourth-order valence-corrected chi connectivity index (χ4v) is 2.54. The number of aromatic nitrogens is 1. The van der Waals surface area contributed by atoms with Gasteiger partial charge >= 0.3 is 0 Å². The summed E-state index contributed by atoms with van der Waals surface area (Å²) in [6.45, 7) is 7.49. The normalized spacial score (nSPS) is 11.4. The van der Waals surface area contributed by atoms with Crippen molar-refractivity contribution in [2.24, 2.45) is 0 Å². The summed E-state index contributed by atoms with van der Waals surface area (Å²) in [5.74, 6) is -0.452. The van der Waals surface area contributed by atoms with E-state index in [0.29, 0.717) is 17.9 Å². The molecule has 150 valence electrons. The third kappa shape index (κ3) is 5.60. The first-order chi connectivity index (χ1) is 13.3. The second kappa shape index (κ2) is 9.59. The quantitative estimate of drug-likeness (QED) is 0.640. The lowest BCUT2D eigenvalue weighted by Crippen LogP contribution is -2.46. The SMILES string of the molecule is CCNC(=O)[C@H](C)NC(=O)COc1ccc(C(=O)Nn2c(C)ccc2C)cc1. The van der Waals surface area contributed by atoms with Gasteiger partial charge in [0.05, 0.1) is 0 Å². The highest BCUT2D eigenvalue weighted by atomic mass is 16.5. The van der Waals surface area contributed by atoms with Crippen LogP contribution in [-0.2, 0) is 9.59 Å². The lowest BCUT2D eigenvalue weighted by atomic mass is 10.2. The van der Waals surface area contributed by atoms with Crippen molar-refractivity contribution in [3.63, 3.8) is 0 Å². The van der Waals surface area contributed by atoms with Crippen LogP contribution in [0.3, 0.4) is 0 Å². The highest BCUT2D eigenvalue weighted by Gasteiger charge is 2.15. The number of nitrogens with one attached hydrogen (secondary N) is 3. The van der Waals surface area contributed by atoms with Crippen LogP contribution in [0.2, 0.25) is 0 Å². The zero-order valence-corrected chi connectivity index (χ0v) is 16.5. The number of hydrogen-bond acceptors (Lipinski definition) is 4. The number of amides is 3. The third-order valence-corrected chi connectivity index (χ3v) is 4.09. The van der Waals surface area contributed by atoms with Gasteiger partial charge in [0.15, 0.2) is 6.61 Å². The second-order valence-corrected chi connectivity index (χ2v) is 6.39. The molecule has 2 rings (SSSR count). The summed E-state index contributed by atoms with van der Waals surface area (Å²) < 4.78 is 7.12. The predicted molar refractivity (Wildman–Crippen MR) is 106 cm³/mol.